The van der Waals surface area contributed by atoms with Crippen molar-refractivity contribution in [1.29, 1.82) is 5.26 Å². The summed E-state index contributed by atoms with van der Waals surface area (Å²) in [6, 6.07) is 9.49. The number of hydrogen-bond acceptors (Lipinski definition) is 7. The highest BCUT2D eigenvalue weighted by Gasteiger charge is 2.47. The van der Waals surface area contributed by atoms with Crippen molar-refractivity contribution in [1.82, 2.24) is 15.0 Å². The summed E-state index contributed by atoms with van der Waals surface area (Å²) in [5, 5.41) is 19.2. The van der Waals surface area contributed by atoms with Crippen LogP contribution in [-0.2, 0) is 10.2 Å². The fourth-order valence-corrected chi connectivity index (χ4v) is 1.89. The van der Waals surface area contributed by atoms with Gasteiger partial charge in [0.05, 0.1) is 20.3 Å². The van der Waals surface area contributed by atoms with Gasteiger partial charge >= 0.3 is 18.0 Å². The molecule has 0 bridgehead atoms. The Morgan fingerprint density at radius 3 is 2.09 bits per heavy atom. The van der Waals surface area contributed by atoms with Crippen molar-refractivity contribution in [2.75, 3.05) is 14.2 Å². The quantitative estimate of drug-likeness (QED) is 0.860. The minimum atomic E-state index is -2.09. The lowest BCUT2D eigenvalue weighted by Crippen LogP contribution is -2.37. The van der Waals surface area contributed by atoms with Gasteiger partial charge in [0.15, 0.2) is 5.82 Å². The molecule has 2 rings (SSSR count). The van der Waals surface area contributed by atoms with Crippen LogP contribution in [0.2, 0.25) is 0 Å². The van der Waals surface area contributed by atoms with Crippen molar-refractivity contribution in [2.24, 2.45) is 0 Å². The third-order valence-electron chi connectivity index (χ3n) is 2.99. The number of carboxylic acid groups (broad SMARTS) is 1. The Kier molecular flexibility index (Phi) is 4.18. The van der Waals surface area contributed by atoms with Gasteiger partial charge in [0.25, 0.3) is 0 Å². The van der Waals surface area contributed by atoms with Gasteiger partial charge in [-0.1, -0.05) is 30.3 Å². The van der Waals surface area contributed by atoms with E-state index >= 15 is 0 Å². The third-order valence-corrected chi connectivity index (χ3v) is 2.99. The SMILES string of the molecule is COc1nc(OC)nc(C(C#N)(C(=O)O)c2ccccc2)n1. The molecule has 112 valence electrons. The Bertz CT molecular complexity index is 707. The molecule has 1 unspecified atom stereocenters. The highest BCUT2D eigenvalue weighted by Crippen LogP contribution is 2.31. The number of hydrogen-bond donors (Lipinski definition) is 1. The Morgan fingerprint density at radius 2 is 1.68 bits per heavy atom. The first-order valence-electron chi connectivity index (χ1n) is 6.13. The number of benzene rings is 1. The van der Waals surface area contributed by atoms with E-state index in [-0.39, 0.29) is 23.4 Å². The summed E-state index contributed by atoms with van der Waals surface area (Å²) in [6.45, 7) is 0. The first-order valence-corrected chi connectivity index (χ1v) is 6.13. The smallest absolute Gasteiger partial charge is 0.336 e. The zero-order valence-corrected chi connectivity index (χ0v) is 11.8. The van der Waals surface area contributed by atoms with Crippen LogP contribution in [0.1, 0.15) is 11.4 Å². The Balaban J connectivity index is 2.76. The standard InChI is InChI=1S/C14H12N4O4/c1-21-12-16-10(17-13(18-12)22-2)14(8-15,11(19)20)9-6-4-3-5-7-9/h3-7H,1-2H3,(H,19,20). The zero-order chi connectivity index (χ0) is 16.2. The second kappa shape index (κ2) is 6.05. The summed E-state index contributed by atoms with van der Waals surface area (Å²) in [5.41, 5.74) is -1.87. The molecule has 2 aromatic rings. The van der Waals surface area contributed by atoms with E-state index in [2.05, 4.69) is 15.0 Å². The van der Waals surface area contributed by atoms with Crippen molar-refractivity contribution in [3.63, 3.8) is 0 Å². The lowest BCUT2D eigenvalue weighted by atomic mass is 9.81. The average Bonchev–Trinajstić information content (AvgIpc) is 2.56. The van der Waals surface area contributed by atoms with Crippen LogP contribution < -0.4 is 9.47 Å². The van der Waals surface area contributed by atoms with Crippen LogP contribution >= 0.6 is 0 Å². The summed E-state index contributed by atoms with van der Waals surface area (Å²) in [7, 11) is 2.63. The average molecular weight is 300 g/mol. The Morgan fingerprint density at radius 1 is 1.14 bits per heavy atom. The van der Waals surface area contributed by atoms with E-state index in [0.29, 0.717) is 0 Å². The lowest BCUT2D eigenvalue weighted by Gasteiger charge is -2.21. The highest BCUT2D eigenvalue weighted by atomic mass is 16.5. The van der Waals surface area contributed by atoms with Crippen LogP contribution in [-0.4, -0.2) is 40.2 Å². The van der Waals surface area contributed by atoms with Crippen molar-refractivity contribution in [3.8, 4) is 18.1 Å². The molecule has 0 aliphatic carbocycles. The number of aliphatic carboxylic acids is 1. The number of nitrogens with zero attached hydrogens (tertiary/aromatic N) is 4. The van der Waals surface area contributed by atoms with E-state index in [1.807, 2.05) is 0 Å². The van der Waals surface area contributed by atoms with Crippen molar-refractivity contribution in [3.05, 3.63) is 41.7 Å². The molecule has 0 aliphatic heterocycles. The van der Waals surface area contributed by atoms with Crippen LogP contribution in [0.25, 0.3) is 0 Å². The van der Waals surface area contributed by atoms with E-state index in [0.717, 1.165) is 0 Å². The molecule has 22 heavy (non-hydrogen) atoms. The van der Waals surface area contributed by atoms with E-state index in [1.165, 1.54) is 26.4 Å². The predicted octanol–water partition coefficient (Wildman–Crippen LogP) is 0.783. The van der Waals surface area contributed by atoms with Crippen LogP contribution in [0.15, 0.2) is 30.3 Å². The number of carbonyl (C=O) groups is 1. The molecule has 1 atom stereocenters. The van der Waals surface area contributed by atoms with Crippen LogP contribution in [0.3, 0.4) is 0 Å². The van der Waals surface area contributed by atoms with Gasteiger partial charge < -0.3 is 14.6 Å². The topological polar surface area (TPSA) is 118 Å². The van der Waals surface area contributed by atoms with Gasteiger partial charge in [-0.2, -0.15) is 15.2 Å². The molecule has 1 N–H and O–H groups in total. The molecule has 0 spiro atoms. The zero-order valence-electron chi connectivity index (χ0n) is 11.8. The van der Waals surface area contributed by atoms with Crippen LogP contribution in [0, 0.1) is 11.3 Å². The second-order valence-electron chi connectivity index (χ2n) is 4.17. The molecule has 8 heteroatoms. The van der Waals surface area contributed by atoms with Gasteiger partial charge in [0, 0.05) is 0 Å². The number of nitriles is 1. The minimum absolute atomic E-state index is 0.140. The maximum Gasteiger partial charge on any atom is 0.336 e. The summed E-state index contributed by atoms with van der Waals surface area (Å²) in [6.07, 6.45) is 0. The molecule has 0 aliphatic rings. The minimum Gasteiger partial charge on any atom is -0.479 e. The monoisotopic (exact) mass is 300 g/mol. The fourth-order valence-electron chi connectivity index (χ4n) is 1.89. The number of aromatic nitrogens is 3. The maximum atomic E-state index is 11.8. The molecule has 8 nitrogen and oxygen atoms in total. The van der Waals surface area contributed by atoms with Crippen molar-refractivity contribution < 1.29 is 19.4 Å². The predicted molar refractivity (Wildman–Crippen MR) is 73.4 cm³/mol. The molecule has 0 radical (unpaired) electrons. The van der Waals surface area contributed by atoms with Gasteiger partial charge in [0.2, 0.25) is 5.41 Å². The second-order valence-corrected chi connectivity index (χ2v) is 4.17. The van der Waals surface area contributed by atoms with Gasteiger partial charge in [-0.15, -0.1) is 4.98 Å². The third kappa shape index (κ3) is 2.40. The van der Waals surface area contributed by atoms with Gasteiger partial charge in [-0.25, -0.2) is 4.79 Å². The maximum absolute atomic E-state index is 11.8. The lowest BCUT2D eigenvalue weighted by molar-refractivity contribution is -0.140. The number of methoxy groups -OCH3 is 2. The van der Waals surface area contributed by atoms with Crippen molar-refractivity contribution in [2.45, 2.75) is 5.41 Å². The molecular weight excluding hydrogens is 288 g/mol. The van der Waals surface area contributed by atoms with E-state index in [1.54, 1.807) is 24.3 Å². The summed E-state index contributed by atoms with van der Waals surface area (Å²) < 4.78 is 9.82. The number of rotatable bonds is 5. The van der Waals surface area contributed by atoms with E-state index < -0.39 is 11.4 Å². The summed E-state index contributed by atoms with van der Waals surface area (Å²) >= 11 is 0. The molecule has 0 saturated heterocycles. The molecule has 0 saturated carbocycles. The first kappa shape index (κ1) is 15.2. The highest BCUT2D eigenvalue weighted by molar-refractivity contribution is 5.88. The molecular formula is C14H12N4O4. The normalized spacial score (nSPS) is 12.8. The summed E-state index contributed by atoms with van der Waals surface area (Å²) in [5.74, 6) is -1.69. The molecule has 1 aromatic carbocycles. The molecule has 1 aromatic heterocycles. The van der Waals surface area contributed by atoms with E-state index in [9.17, 15) is 15.2 Å². The Labute approximate surface area is 126 Å². The van der Waals surface area contributed by atoms with Crippen molar-refractivity contribution >= 4 is 5.97 Å². The molecule has 0 amide bonds. The largest absolute Gasteiger partial charge is 0.479 e. The molecule has 0 fully saturated rings. The van der Waals surface area contributed by atoms with Crippen LogP contribution in [0.5, 0.6) is 12.0 Å². The number of carboxylic acids is 1. The van der Waals surface area contributed by atoms with E-state index in [4.69, 9.17) is 9.47 Å². The van der Waals surface area contributed by atoms with Gasteiger partial charge in [0.1, 0.15) is 0 Å². The molecule has 1 heterocycles. The summed E-state index contributed by atoms with van der Waals surface area (Å²) in [4.78, 5) is 23.5. The number of ether oxygens (including phenoxy) is 2. The Hall–Kier alpha value is -3.21. The van der Waals surface area contributed by atoms with Crippen LogP contribution in [0.4, 0.5) is 0 Å². The van der Waals surface area contributed by atoms with Gasteiger partial charge in [-0.3, -0.25) is 0 Å². The fraction of sp³-hybridized carbons (Fsp3) is 0.214. The van der Waals surface area contributed by atoms with Gasteiger partial charge in [-0.05, 0) is 5.56 Å². The first-order chi connectivity index (χ1) is 10.6.